The second-order valence-electron chi connectivity index (χ2n) is 2.95. The lowest BCUT2D eigenvalue weighted by molar-refractivity contribution is 1.24. The Morgan fingerprint density at radius 2 is 1.73 bits per heavy atom. The van der Waals surface area contributed by atoms with Gasteiger partial charge in [-0.15, -0.1) is 0 Å². The van der Waals surface area contributed by atoms with E-state index < -0.39 is 0 Å². The zero-order valence-corrected chi connectivity index (χ0v) is 10.8. The molecule has 2 N–H and O–H groups in total. The monoisotopic (exact) mass is 327 g/mol. The zero-order chi connectivity index (χ0) is 10.8. The van der Waals surface area contributed by atoms with E-state index >= 15 is 0 Å². The van der Waals surface area contributed by atoms with Crippen molar-refractivity contribution in [1.29, 1.82) is 0 Å². The van der Waals surface area contributed by atoms with Crippen LogP contribution in [0.2, 0.25) is 0 Å². The number of rotatable bonds is 1. The maximum absolute atomic E-state index is 5.65. The highest BCUT2D eigenvalue weighted by molar-refractivity contribution is 9.10. The van der Waals surface area contributed by atoms with Gasteiger partial charge in [0.2, 0.25) is 0 Å². The first-order valence-electron chi connectivity index (χ1n) is 4.20. The number of nitrogens with two attached hydrogens (primary N) is 1. The van der Waals surface area contributed by atoms with Crippen LogP contribution in [0.5, 0.6) is 0 Å². The number of hydrogen-bond acceptors (Lipinski definition) is 3. The van der Waals surface area contributed by atoms with E-state index in [1.54, 1.807) is 12.3 Å². The Morgan fingerprint density at radius 1 is 1.00 bits per heavy atom. The molecule has 76 valence electrons. The van der Waals surface area contributed by atoms with Crippen molar-refractivity contribution in [1.82, 2.24) is 9.97 Å². The summed E-state index contributed by atoms with van der Waals surface area (Å²) in [7, 11) is 0. The third kappa shape index (κ3) is 2.54. The van der Waals surface area contributed by atoms with Gasteiger partial charge in [0.25, 0.3) is 0 Å². The molecule has 0 aromatic carbocycles. The van der Waals surface area contributed by atoms with Gasteiger partial charge in [-0.05, 0) is 24.3 Å². The molecule has 2 rings (SSSR count). The Labute approximate surface area is 104 Å². The molecule has 15 heavy (non-hydrogen) atoms. The van der Waals surface area contributed by atoms with Gasteiger partial charge in [-0.25, -0.2) is 4.98 Å². The fourth-order valence-electron chi connectivity index (χ4n) is 1.19. The lowest BCUT2D eigenvalue weighted by Crippen LogP contribution is -1.93. The molecular weight excluding hydrogens is 322 g/mol. The molecule has 0 saturated carbocycles. The van der Waals surface area contributed by atoms with Crippen LogP contribution in [-0.2, 0) is 0 Å². The lowest BCUT2D eigenvalue weighted by atomic mass is 10.2. The summed E-state index contributed by atoms with van der Waals surface area (Å²) in [5.74, 6) is 0.473. The third-order valence-electron chi connectivity index (χ3n) is 1.79. The van der Waals surface area contributed by atoms with Crippen LogP contribution in [0.15, 0.2) is 39.4 Å². The molecule has 0 aliphatic rings. The van der Waals surface area contributed by atoms with Crippen LogP contribution in [0.25, 0.3) is 11.4 Å². The second-order valence-corrected chi connectivity index (χ2v) is 4.79. The number of aromatic nitrogens is 2. The number of hydrogen-bond donors (Lipinski definition) is 1. The van der Waals surface area contributed by atoms with E-state index in [1.807, 2.05) is 18.2 Å². The van der Waals surface area contributed by atoms with E-state index in [1.165, 1.54) is 0 Å². The van der Waals surface area contributed by atoms with Crippen molar-refractivity contribution < 1.29 is 0 Å². The number of anilines is 1. The molecule has 0 aliphatic carbocycles. The minimum absolute atomic E-state index is 0.473. The minimum Gasteiger partial charge on any atom is -0.384 e. The van der Waals surface area contributed by atoms with E-state index in [0.29, 0.717) is 5.82 Å². The molecule has 0 bridgehead atoms. The van der Waals surface area contributed by atoms with Crippen molar-refractivity contribution in [3.05, 3.63) is 39.4 Å². The van der Waals surface area contributed by atoms with Crippen molar-refractivity contribution in [2.75, 3.05) is 5.73 Å². The lowest BCUT2D eigenvalue weighted by Gasteiger charge is -2.02. The molecule has 2 aromatic heterocycles. The predicted octanol–water partition coefficient (Wildman–Crippen LogP) is 3.25. The molecule has 0 amide bonds. The number of nitrogens with zero attached hydrogens (tertiary/aromatic N) is 2. The molecule has 0 fully saturated rings. The van der Waals surface area contributed by atoms with Gasteiger partial charge in [0, 0.05) is 15.1 Å². The zero-order valence-electron chi connectivity index (χ0n) is 7.61. The number of halogens is 2. The largest absolute Gasteiger partial charge is 0.384 e. The molecule has 0 atom stereocenters. The van der Waals surface area contributed by atoms with Crippen molar-refractivity contribution in [3.63, 3.8) is 0 Å². The van der Waals surface area contributed by atoms with E-state index in [0.717, 1.165) is 20.3 Å². The number of nitrogen functional groups attached to an aromatic ring is 1. The van der Waals surface area contributed by atoms with E-state index in [4.69, 9.17) is 5.73 Å². The fourth-order valence-corrected chi connectivity index (χ4v) is 1.98. The standard InChI is InChI=1S/C10H7Br2N3/c11-6-1-2-14-8(3-6)9-4-7(12)5-10(13)15-9/h1-5H,(H2,13,15). The van der Waals surface area contributed by atoms with Gasteiger partial charge in [0.1, 0.15) is 5.82 Å². The maximum Gasteiger partial charge on any atom is 0.125 e. The molecule has 3 nitrogen and oxygen atoms in total. The summed E-state index contributed by atoms with van der Waals surface area (Å²) in [5.41, 5.74) is 7.20. The normalized spacial score (nSPS) is 10.3. The van der Waals surface area contributed by atoms with Gasteiger partial charge in [-0.1, -0.05) is 31.9 Å². The van der Waals surface area contributed by atoms with Crippen molar-refractivity contribution in [2.24, 2.45) is 0 Å². The summed E-state index contributed by atoms with van der Waals surface area (Å²) in [6, 6.07) is 7.39. The average Bonchev–Trinajstić information content (AvgIpc) is 2.16. The SMILES string of the molecule is Nc1cc(Br)cc(-c2cc(Br)ccn2)n1. The summed E-state index contributed by atoms with van der Waals surface area (Å²) < 4.78 is 1.86. The first kappa shape index (κ1) is 10.6. The van der Waals surface area contributed by atoms with Crippen LogP contribution in [-0.4, -0.2) is 9.97 Å². The van der Waals surface area contributed by atoms with E-state index in [2.05, 4.69) is 41.8 Å². The molecule has 0 unspecified atom stereocenters. The first-order chi connectivity index (χ1) is 7.15. The van der Waals surface area contributed by atoms with Crippen molar-refractivity contribution in [3.8, 4) is 11.4 Å². The minimum atomic E-state index is 0.473. The van der Waals surface area contributed by atoms with Crippen molar-refractivity contribution >= 4 is 37.7 Å². The molecule has 5 heteroatoms. The third-order valence-corrected chi connectivity index (χ3v) is 2.75. The Kier molecular flexibility index (Phi) is 3.02. The summed E-state index contributed by atoms with van der Waals surface area (Å²) in [6.45, 7) is 0. The quantitative estimate of drug-likeness (QED) is 0.874. The summed E-state index contributed by atoms with van der Waals surface area (Å²) >= 11 is 6.75. The van der Waals surface area contributed by atoms with Gasteiger partial charge >= 0.3 is 0 Å². The van der Waals surface area contributed by atoms with E-state index in [-0.39, 0.29) is 0 Å². The van der Waals surface area contributed by atoms with Gasteiger partial charge in [-0.3, -0.25) is 4.98 Å². The topological polar surface area (TPSA) is 51.8 Å². The first-order valence-corrected chi connectivity index (χ1v) is 5.79. The highest BCUT2D eigenvalue weighted by Crippen LogP contribution is 2.23. The fraction of sp³-hybridized carbons (Fsp3) is 0. The predicted molar refractivity (Wildman–Crippen MR) is 67.3 cm³/mol. The van der Waals surface area contributed by atoms with Crippen molar-refractivity contribution in [2.45, 2.75) is 0 Å². The Bertz CT molecular complexity index is 480. The summed E-state index contributed by atoms with van der Waals surface area (Å²) in [5, 5.41) is 0. The maximum atomic E-state index is 5.65. The summed E-state index contributed by atoms with van der Waals surface area (Å²) in [6.07, 6.45) is 1.72. The van der Waals surface area contributed by atoms with Crippen LogP contribution < -0.4 is 5.73 Å². The average molecular weight is 329 g/mol. The summed E-state index contributed by atoms with van der Waals surface area (Å²) in [4.78, 5) is 8.43. The Morgan fingerprint density at radius 3 is 2.40 bits per heavy atom. The molecule has 2 aromatic rings. The van der Waals surface area contributed by atoms with Crippen LogP contribution in [0.1, 0.15) is 0 Å². The smallest absolute Gasteiger partial charge is 0.125 e. The van der Waals surface area contributed by atoms with Gasteiger partial charge in [0.05, 0.1) is 11.4 Å². The van der Waals surface area contributed by atoms with Gasteiger partial charge in [-0.2, -0.15) is 0 Å². The van der Waals surface area contributed by atoms with Gasteiger partial charge in [0.15, 0.2) is 0 Å². The molecule has 0 aliphatic heterocycles. The molecule has 0 radical (unpaired) electrons. The Hall–Kier alpha value is -0.940. The Balaban J connectivity index is 2.54. The van der Waals surface area contributed by atoms with Crippen LogP contribution in [0, 0.1) is 0 Å². The number of pyridine rings is 2. The highest BCUT2D eigenvalue weighted by atomic mass is 79.9. The highest BCUT2D eigenvalue weighted by Gasteiger charge is 2.03. The van der Waals surface area contributed by atoms with Crippen LogP contribution >= 0.6 is 31.9 Å². The van der Waals surface area contributed by atoms with Crippen LogP contribution in [0.3, 0.4) is 0 Å². The van der Waals surface area contributed by atoms with Gasteiger partial charge < -0.3 is 5.73 Å². The second kappa shape index (κ2) is 4.28. The van der Waals surface area contributed by atoms with Crippen LogP contribution in [0.4, 0.5) is 5.82 Å². The van der Waals surface area contributed by atoms with E-state index in [9.17, 15) is 0 Å². The molecular formula is C10H7Br2N3. The molecule has 0 spiro atoms. The molecule has 2 heterocycles. The molecule has 0 saturated heterocycles.